The van der Waals surface area contributed by atoms with Crippen LogP contribution in [0.1, 0.15) is 37.7 Å². The van der Waals surface area contributed by atoms with Crippen molar-refractivity contribution >= 4 is 48.8 Å². The zero-order valence-corrected chi connectivity index (χ0v) is 19.1. The third-order valence-corrected chi connectivity index (χ3v) is 5.90. The Kier molecular flexibility index (Phi) is 12.4. The van der Waals surface area contributed by atoms with E-state index >= 15 is 0 Å². The van der Waals surface area contributed by atoms with Crippen molar-refractivity contribution in [3.8, 4) is 0 Å². The van der Waals surface area contributed by atoms with E-state index in [0.717, 1.165) is 43.7 Å². The Morgan fingerprint density at radius 3 is 2.14 bits per heavy atom. The number of likely N-dealkylation sites (tertiary alicyclic amines) is 2. The van der Waals surface area contributed by atoms with E-state index in [1.54, 1.807) is 0 Å². The number of hydrogen-bond donors (Lipinski definition) is 2. The van der Waals surface area contributed by atoms with Crippen LogP contribution in [0.25, 0.3) is 0 Å². The molecule has 2 saturated heterocycles. The Labute approximate surface area is 188 Å². The minimum Gasteiger partial charge on any atom is -0.399 e. The van der Waals surface area contributed by atoms with Crippen molar-refractivity contribution in [2.75, 3.05) is 45.5 Å². The highest BCUT2D eigenvalue weighted by molar-refractivity contribution is 5.86. The Morgan fingerprint density at radius 1 is 1.00 bits per heavy atom. The van der Waals surface area contributed by atoms with Crippen LogP contribution in [0, 0.1) is 0 Å². The smallest absolute Gasteiger partial charge is 0.224 e. The van der Waals surface area contributed by atoms with Crippen molar-refractivity contribution in [2.24, 2.45) is 0 Å². The summed E-state index contributed by atoms with van der Waals surface area (Å²) in [4.78, 5) is 17.5. The van der Waals surface area contributed by atoms with Gasteiger partial charge in [-0.2, -0.15) is 0 Å². The Bertz CT molecular complexity index is 571. The summed E-state index contributed by atoms with van der Waals surface area (Å²) in [5.41, 5.74) is 7.61. The maximum Gasteiger partial charge on any atom is 0.224 e. The molecular weight excluding hydrogens is 419 g/mol. The monoisotopic (exact) mass is 452 g/mol. The van der Waals surface area contributed by atoms with Crippen LogP contribution < -0.4 is 11.1 Å². The third kappa shape index (κ3) is 7.27. The fraction of sp³-hybridized carbons (Fsp3) is 0.650. The number of nitrogens with zero attached hydrogens (tertiary/aromatic N) is 2. The molecule has 1 aromatic carbocycles. The molecule has 0 radical (unpaired) electrons. The molecule has 3 rings (SSSR count). The zero-order chi connectivity index (χ0) is 17.7. The molecule has 0 aromatic heterocycles. The lowest BCUT2D eigenvalue weighted by atomic mass is 9.84. The van der Waals surface area contributed by atoms with Gasteiger partial charge in [0.1, 0.15) is 0 Å². The van der Waals surface area contributed by atoms with Crippen LogP contribution in [0.2, 0.25) is 0 Å². The molecule has 2 aliphatic rings. The molecule has 1 aromatic rings. The summed E-state index contributed by atoms with van der Waals surface area (Å²) in [6.45, 7) is 5.36. The molecule has 162 valence electrons. The highest BCUT2D eigenvalue weighted by atomic mass is 35.5. The van der Waals surface area contributed by atoms with E-state index in [2.05, 4.69) is 22.2 Å². The first-order chi connectivity index (χ1) is 12.1. The average molecular weight is 454 g/mol. The first kappa shape index (κ1) is 27.3. The van der Waals surface area contributed by atoms with Crippen molar-refractivity contribution in [3.63, 3.8) is 0 Å². The van der Waals surface area contributed by atoms with Gasteiger partial charge < -0.3 is 16.0 Å². The second kappa shape index (κ2) is 12.8. The van der Waals surface area contributed by atoms with Gasteiger partial charge in [0.25, 0.3) is 0 Å². The number of rotatable bonds is 5. The fourth-order valence-corrected chi connectivity index (χ4v) is 4.15. The highest BCUT2D eigenvalue weighted by Gasteiger charge is 2.39. The van der Waals surface area contributed by atoms with Crippen molar-refractivity contribution in [2.45, 2.75) is 44.1 Å². The summed E-state index contributed by atoms with van der Waals surface area (Å²) in [6.07, 6.45) is 6.64. The van der Waals surface area contributed by atoms with Gasteiger partial charge >= 0.3 is 0 Å². The minimum absolute atomic E-state index is 0. The molecule has 0 atom stereocenters. The molecule has 0 aliphatic carbocycles. The number of amides is 1. The Morgan fingerprint density at radius 2 is 1.57 bits per heavy atom. The number of nitrogen functional groups attached to an aromatic ring is 1. The van der Waals surface area contributed by atoms with Crippen molar-refractivity contribution in [1.82, 2.24) is 15.1 Å². The molecule has 2 aliphatic heterocycles. The maximum atomic E-state index is 12.5. The van der Waals surface area contributed by atoms with Gasteiger partial charge in [0, 0.05) is 17.8 Å². The van der Waals surface area contributed by atoms with Crippen LogP contribution in [-0.2, 0) is 11.2 Å². The van der Waals surface area contributed by atoms with Crippen LogP contribution in [0.3, 0.4) is 0 Å². The topological polar surface area (TPSA) is 61.6 Å². The van der Waals surface area contributed by atoms with E-state index in [0.29, 0.717) is 6.42 Å². The number of anilines is 1. The van der Waals surface area contributed by atoms with Gasteiger partial charge in [-0.1, -0.05) is 18.6 Å². The van der Waals surface area contributed by atoms with E-state index in [-0.39, 0.29) is 48.7 Å². The number of piperidine rings is 2. The molecule has 5 nitrogen and oxygen atoms in total. The molecule has 28 heavy (non-hydrogen) atoms. The molecule has 0 bridgehead atoms. The van der Waals surface area contributed by atoms with Gasteiger partial charge in [0.15, 0.2) is 0 Å². The number of benzene rings is 1. The van der Waals surface area contributed by atoms with Gasteiger partial charge in [0.05, 0.1) is 6.42 Å². The molecule has 2 fully saturated rings. The summed E-state index contributed by atoms with van der Waals surface area (Å²) in [6, 6.07) is 7.58. The molecular formula is C20H35Cl3N4O. The standard InChI is InChI=1S/C20H32N4O.3ClH/c1-23-13-9-20(10-14-23,24-11-3-2-4-12-24)16-22-19(25)15-17-5-7-18(21)8-6-17;;;/h5-8H,2-4,9-16,21H2,1H3,(H,22,25);3*1H. The summed E-state index contributed by atoms with van der Waals surface area (Å²) in [5, 5.41) is 3.24. The van der Waals surface area contributed by atoms with Gasteiger partial charge in [-0.25, -0.2) is 0 Å². The predicted molar refractivity (Wildman–Crippen MR) is 124 cm³/mol. The molecule has 8 heteroatoms. The number of halogens is 3. The van der Waals surface area contributed by atoms with Crippen molar-refractivity contribution < 1.29 is 4.79 Å². The van der Waals surface area contributed by atoms with Crippen molar-refractivity contribution in [1.29, 1.82) is 0 Å². The number of carbonyl (C=O) groups is 1. The average Bonchev–Trinajstić information content (AvgIpc) is 2.64. The van der Waals surface area contributed by atoms with E-state index in [4.69, 9.17) is 5.73 Å². The summed E-state index contributed by atoms with van der Waals surface area (Å²) in [5.74, 6) is 0.111. The largest absolute Gasteiger partial charge is 0.399 e. The number of carbonyl (C=O) groups excluding carboxylic acids is 1. The summed E-state index contributed by atoms with van der Waals surface area (Å²) >= 11 is 0. The quantitative estimate of drug-likeness (QED) is 0.672. The second-order valence-corrected chi connectivity index (χ2v) is 7.77. The number of hydrogen-bond acceptors (Lipinski definition) is 4. The third-order valence-electron chi connectivity index (χ3n) is 5.90. The predicted octanol–water partition coefficient (Wildman–Crippen LogP) is 3.14. The highest BCUT2D eigenvalue weighted by Crippen LogP contribution is 2.30. The van der Waals surface area contributed by atoms with Gasteiger partial charge in [-0.05, 0) is 76.6 Å². The van der Waals surface area contributed by atoms with Crippen LogP contribution in [-0.4, -0.2) is 61.0 Å². The maximum absolute atomic E-state index is 12.5. The zero-order valence-electron chi connectivity index (χ0n) is 16.7. The van der Waals surface area contributed by atoms with Gasteiger partial charge in [0.2, 0.25) is 5.91 Å². The molecule has 3 N–H and O–H groups in total. The lowest BCUT2D eigenvalue weighted by Crippen LogP contribution is -2.61. The number of nitrogens with two attached hydrogens (primary N) is 1. The molecule has 0 unspecified atom stereocenters. The van der Waals surface area contributed by atoms with Crippen LogP contribution in [0.4, 0.5) is 5.69 Å². The minimum atomic E-state index is 0. The second-order valence-electron chi connectivity index (χ2n) is 7.77. The lowest BCUT2D eigenvalue weighted by molar-refractivity contribution is -0.121. The Hall–Kier alpha value is -0.720. The van der Waals surface area contributed by atoms with Gasteiger partial charge in [-0.3, -0.25) is 9.69 Å². The van der Waals surface area contributed by atoms with Crippen LogP contribution in [0.15, 0.2) is 24.3 Å². The van der Waals surface area contributed by atoms with Crippen molar-refractivity contribution in [3.05, 3.63) is 29.8 Å². The normalized spacial score (nSPS) is 19.5. The van der Waals surface area contributed by atoms with Gasteiger partial charge in [-0.15, -0.1) is 37.2 Å². The van der Waals surface area contributed by atoms with Crippen LogP contribution >= 0.6 is 37.2 Å². The van der Waals surface area contributed by atoms with E-state index in [9.17, 15) is 4.79 Å². The first-order valence-corrected chi connectivity index (χ1v) is 9.62. The Balaban J connectivity index is 0.00000243. The fourth-order valence-electron chi connectivity index (χ4n) is 4.15. The molecule has 1 amide bonds. The SMILES string of the molecule is CN1CCC(CNC(=O)Cc2ccc(N)cc2)(N2CCCCC2)CC1.Cl.Cl.Cl. The lowest BCUT2D eigenvalue weighted by Gasteiger charge is -2.50. The summed E-state index contributed by atoms with van der Waals surface area (Å²) < 4.78 is 0. The van der Waals surface area contributed by atoms with E-state index < -0.39 is 0 Å². The van der Waals surface area contributed by atoms with E-state index in [1.165, 1.54) is 32.4 Å². The van der Waals surface area contributed by atoms with E-state index in [1.807, 2.05) is 24.3 Å². The molecule has 0 spiro atoms. The molecule has 2 heterocycles. The number of nitrogens with one attached hydrogen (secondary N) is 1. The summed E-state index contributed by atoms with van der Waals surface area (Å²) in [7, 11) is 2.19. The van der Waals surface area contributed by atoms with Crippen LogP contribution in [0.5, 0.6) is 0 Å². The molecule has 0 saturated carbocycles. The first-order valence-electron chi connectivity index (χ1n) is 9.62.